The number of aromatic nitrogens is 2. The van der Waals surface area contributed by atoms with Crippen LogP contribution in [0.3, 0.4) is 0 Å². The van der Waals surface area contributed by atoms with Crippen LogP contribution in [0.15, 0.2) is 35.5 Å². The zero-order valence-electron chi connectivity index (χ0n) is 8.85. The second-order valence-corrected chi connectivity index (χ2v) is 6.11. The van der Waals surface area contributed by atoms with Crippen LogP contribution in [0, 0.1) is 11.6 Å². The van der Waals surface area contributed by atoms with Gasteiger partial charge in [0.1, 0.15) is 16.5 Å². The highest BCUT2D eigenvalue weighted by Gasteiger charge is 2.13. The molecular weight excluding hydrogens is 286 g/mol. The molecule has 0 radical (unpaired) electrons. The Morgan fingerprint density at radius 3 is 2.61 bits per heavy atom. The molecule has 0 atom stereocenters. The maximum absolute atomic E-state index is 13.4. The van der Waals surface area contributed by atoms with E-state index >= 15 is 0 Å². The molecule has 1 heterocycles. The van der Waals surface area contributed by atoms with Gasteiger partial charge in [0, 0.05) is 28.5 Å². The summed E-state index contributed by atoms with van der Waals surface area (Å²) < 4.78 is 49.2. The molecule has 2 rings (SSSR count). The molecule has 0 aliphatic carbocycles. The average molecular weight is 293 g/mol. The van der Waals surface area contributed by atoms with E-state index < -0.39 is 20.7 Å². The third-order valence-corrected chi connectivity index (χ3v) is 3.55. The highest BCUT2D eigenvalue weighted by molar-refractivity contribution is 8.13. The van der Waals surface area contributed by atoms with Crippen LogP contribution in [0.4, 0.5) is 8.78 Å². The first-order chi connectivity index (χ1) is 8.36. The van der Waals surface area contributed by atoms with Crippen LogP contribution in [0.5, 0.6) is 0 Å². The van der Waals surface area contributed by atoms with Gasteiger partial charge in [-0.15, -0.1) is 0 Å². The molecule has 0 aliphatic heterocycles. The van der Waals surface area contributed by atoms with Crippen molar-refractivity contribution >= 4 is 19.7 Å². The Hall–Kier alpha value is -1.47. The third-order valence-electron chi connectivity index (χ3n) is 2.24. The molecule has 0 saturated heterocycles. The van der Waals surface area contributed by atoms with E-state index in [0.717, 1.165) is 18.3 Å². The molecule has 0 N–H and O–H groups in total. The molecule has 0 fully saturated rings. The third kappa shape index (κ3) is 2.85. The number of halogens is 3. The van der Waals surface area contributed by atoms with Gasteiger partial charge in [-0.1, -0.05) is 6.07 Å². The molecule has 96 valence electrons. The molecule has 0 aliphatic rings. The van der Waals surface area contributed by atoms with Crippen molar-refractivity contribution in [1.82, 2.24) is 9.78 Å². The molecule has 18 heavy (non-hydrogen) atoms. The normalized spacial score (nSPS) is 11.7. The molecule has 0 saturated carbocycles. The van der Waals surface area contributed by atoms with Crippen molar-refractivity contribution in [2.75, 3.05) is 0 Å². The number of hydrogen-bond acceptors (Lipinski definition) is 3. The Kier molecular flexibility index (Phi) is 3.36. The zero-order valence-corrected chi connectivity index (χ0v) is 10.4. The molecule has 4 nitrogen and oxygen atoms in total. The molecule has 0 amide bonds. The van der Waals surface area contributed by atoms with E-state index in [-0.39, 0.29) is 17.0 Å². The van der Waals surface area contributed by atoms with Crippen molar-refractivity contribution in [2.45, 2.75) is 11.4 Å². The largest absolute Gasteiger partial charge is 0.267 e. The van der Waals surface area contributed by atoms with Gasteiger partial charge in [-0.25, -0.2) is 17.2 Å². The number of rotatable bonds is 3. The first kappa shape index (κ1) is 13.0. The van der Waals surface area contributed by atoms with Gasteiger partial charge in [0.25, 0.3) is 9.05 Å². The standard InChI is InChI=1S/C10H7ClF2N2O2S/c11-18(16,17)9-4-14-15(6-9)5-7-1-2-8(12)3-10(7)13/h1-4,6H,5H2. The van der Waals surface area contributed by atoms with Crippen LogP contribution >= 0.6 is 10.7 Å². The van der Waals surface area contributed by atoms with Gasteiger partial charge in [-0.2, -0.15) is 5.10 Å². The fourth-order valence-corrected chi connectivity index (χ4v) is 2.04. The molecule has 8 heteroatoms. The molecule has 0 unspecified atom stereocenters. The van der Waals surface area contributed by atoms with E-state index in [4.69, 9.17) is 10.7 Å². The highest BCUT2D eigenvalue weighted by atomic mass is 35.7. The van der Waals surface area contributed by atoms with Crippen LogP contribution < -0.4 is 0 Å². The van der Waals surface area contributed by atoms with Gasteiger partial charge in [0.2, 0.25) is 0 Å². The highest BCUT2D eigenvalue weighted by Crippen LogP contribution is 2.15. The summed E-state index contributed by atoms with van der Waals surface area (Å²) in [7, 11) is 1.27. The van der Waals surface area contributed by atoms with Gasteiger partial charge >= 0.3 is 0 Å². The summed E-state index contributed by atoms with van der Waals surface area (Å²) in [4.78, 5) is -0.174. The summed E-state index contributed by atoms with van der Waals surface area (Å²) in [5, 5.41) is 3.73. The predicted molar refractivity (Wildman–Crippen MR) is 60.7 cm³/mol. The van der Waals surface area contributed by atoms with Crippen LogP contribution in [0.25, 0.3) is 0 Å². The van der Waals surface area contributed by atoms with Crippen molar-refractivity contribution in [3.63, 3.8) is 0 Å². The topological polar surface area (TPSA) is 52.0 Å². The summed E-state index contributed by atoms with van der Waals surface area (Å²) in [6.07, 6.45) is 2.23. The second kappa shape index (κ2) is 4.66. The quantitative estimate of drug-likeness (QED) is 0.815. The van der Waals surface area contributed by atoms with E-state index in [1.54, 1.807) is 0 Å². The predicted octanol–water partition coefficient (Wildman–Crippen LogP) is 2.14. The smallest absolute Gasteiger partial charge is 0.264 e. The van der Waals surface area contributed by atoms with Crippen LogP contribution in [0.1, 0.15) is 5.56 Å². The second-order valence-electron chi connectivity index (χ2n) is 3.55. The summed E-state index contributed by atoms with van der Waals surface area (Å²) >= 11 is 0. The lowest BCUT2D eigenvalue weighted by atomic mass is 10.2. The van der Waals surface area contributed by atoms with Gasteiger partial charge in [-0.3, -0.25) is 4.68 Å². The minimum absolute atomic E-state index is 0.0154. The fraction of sp³-hybridized carbons (Fsp3) is 0.100. The van der Waals surface area contributed by atoms with Crippen molar-refractivity contribution in [2.24, 2.45) is 0 Å². The summed E-state index contributed by atoms with van der Waals surface area (Å²) in [5.41, 5.74) is 0.193. The lowest BCUT2D eigenvalue weighted by molar-refractivity contribution is 0.558. The Morgan fingerprint density at radius 1 is 1.33 bits per heavy atom. The average Bonchev–Trinajstić information content (AvgIpc) is 2.70. The first-order valence-corrected chi connectivity index (χ1v) is 7.08. The number of nitrogens with zero attached hydrogens (tertiary/aromatic N) is 2. The molecule has 0 bridgehead atoms. The van der Waals surface area contributed by atoms with E-state index in [1.165, 1.54) is 16.9 Å². The lowest BCUT2D eigenvalue weighted by Crippen LogP contribution is -2.02. The summed E-state index contributed by atoms with van der Waals surface area (Å²) in [5.74, 6) is -1.40. The maximum atomic E-state index is 13.4. The van der Waals surface area contributed by atoms with Gasteiger partial charge in [0.15, 0.2) is 0 Å². The Morgan fingerprint density at radius 2 is 2.06 bits per heavy atom. The van der Waals surface area contributed by atoms with Crippen LogP contribution in [-0.4, -0.2) is 18.2 Å². The minimum Gasteiger partial charge on any atom is -0.267 e. The van der Waals surface area contributed by atoms with E-state index in [0.29, 0.717) is 0 Å². The van der Waals surface area contributed by atoms with Crippen molar-refractivity contribution in [3.05, 3.63) is 47.8 Å². The molecule has 1 aromatic carbocycles. The van der Waals surface area contributed by atoms with Crippen LogP contribution in [-0.2, 0) is 15.6 Å². The van der Waals surface area contributed by atoms with E-state index in [2.05, 4.69) is 5.10 Å². The van der Waals surface area contributed by atoms with Crippen molar-refractivity contribution in [3.8, 4) is 0 Å². The molecule has 1 aromatic heterocycles. The molecular formula is C10H7ClF2N2O2S. The lowest BCUT2D eigenvalue weighted by Gasteiger charge is -2.03. The van der Waals surface area contributed by atoms with E-state index in [9.17, 15) is 17.2 Å². The van der Waals surface area contributed by atoms with Gasteiger partial charge in [0.05, 0.1) is 12.7 Å². The fourth-order valence-electron chi connectivity index (χ4n) is 1.38. The maximum Gasteiger partial charge on any atom is 0.264 e. The van der Waals surface area contributed by atoms with Crippen molar-refractivity contribution < 1.29 is 17.2 Å². The van der Waals surface area contributed by atoms with Crippen LogP contribution in [0.2, 0.25) is 0 Å². The summed E-state index contributed by atoms with van der Waals surface area (Å²) in [6, 6.07) is 3.13. The molecule has 0 spiro atoms. The summed E-state index contributed by atoms with van der Waals surface area (Å²) in [6.45, 7) is -0.0154. The monoisotopic (exact) mass is 292 g/mol. The first-order valence-electron chi connectivity index (χ1n) is 4.77. The molecule has 2 aromatic rings. The Labute approximate surface area is 106 Å². The number of hydrogen-bond donors (Lipinski definition) is 0. The number of benzene rings is 1. The SMILES string of the molecule is O=S(=O)(Cl)c1cnn(Cc2ccc(F)cc2F)c1. The zero-order chi connectivity index (χ0) is 13.3. The van der Waals surface area contributed by atoms with Gasteiger partial charge < -0.3 is 0 Å². The van der Waals surface area contributed by atoms with Gasteiger partial charge in [-0.05, 0) is 6.07 Å². The Bertz CT molecular complexity index is 685. The Balaban J connectivity index is 2.27. The minimum atomic E-state index is -3.86. The van der Waals surface area contributed by atoms with Crippen molar-refractivity contribution in [1.29, 1.82) is 0 Å². The van der Waals surface area contributed by atoms with E-state index in [1.807, 2.05) is 0 Å².